The minimum Gasteiger partial charge on any atom is -0.497 e. The van der Waals surface area contributed by atoms with Gasteiger partial charge in [-0.05, 0) is 40.3 Å². The molecule has 1 aliphatic rings. The van der Waals surface area contributed by atoms with Gasteiger partial charge < -0.3 is 4.74 Å². The Morgan fingerprint density at radius 2 is 1.70 bits per heavy atom. The van der Waals surface area contributed by atoms with E-state index >= 15 is 0 Å². The zero-order chi connectivity index (χ0) is 16.8. The van der Waals surface area contributed by atoms with E-state index in [0.29, 0.717) is 4.90 Å². The molecule has 1 atom stereocenters. The molecule has 0 aliphatic carbocycles. The molecule has 1 aliphatic heterocycles. The second-order valence-electron chi connectivity index (χ2n) is 6.83. The first-order valence-electron chi connectivity index (χ1n) is 7.53. The lowest BCUT2D eigenvalue weighted by Crippen LogP contribution is -2.20. The van der Waals surface area contributed by atoms with Crippen molar-refractivity contribution in [2.24, 2.45) is 0 Å². The van der Waals surface area contributed by atoms with Crippen LogP contribution in [0.1, 0.15) is 43.5 Å². The SMILES string of the molecule is COc1ccc(C2NS(=O)(=O)c3ccc(C(C)(C)C)cc32)cc1. The molecular weight excluding hydrogens is 310 g/mol. The van der Waals surface area contributed by atoms with E-state index < -0.39 is 10.0 Å². The van der Waals surface area contributed by atoms with E-state index in [0.717, 1.165) is 22.4 Å². The van der Waals surface area contributed by atoms with Crippen LogP contribution in [0.4, 0.5) is 0 Å². The molecule has 0 saturated heterocycles. The van der Waals surface area contributed by atoms with E-state index in [9.17, 15) is 8.42 Å². The molecule has 1 unspecified atom stereocenters. The van der Waals surface area contributed by atoms with Crippen LogP contribution in [0.3, 0.4) is 0 Å². The van der Waals surface area contributed by atoms with Crippen LogP contribution in [0.25, 0.3) is 0 Å². The van der Waals surface area contributed by atoms with Crippen LogP contribution in [-0.2, 0) is 15.4 Å². The van der Waals surface area contributed by atoms with Gasteiger partial charge in [0.2, 0.25) is 10.0 Å². The third kappa shape index (κ3) is 2.86. The van der Waals surface area contributed by atoms with Gasteiger partial charge >= 0.3 is 0 Å². The first-order valence-corrected chi connectivity index (χ1v) is 9.01. The van der Waals surface area contributed by atoms with E-state index in [4.69, 9.17) is 4.74 Å². The Balaban J connectivity index is 2.12. The lowest BCUT2D eigenvalue weighted by molar-refractivity contribution is 0.414. The average molecular weight is 331 g/mol. The van der Waals surface area contributed by atoms with Crippen molar-refractivity contribution in [1.82, 2.24) is 4.72 Å². The van der Waals surface area contributed by atoms with Gasteiger partial charge in [0, 0.05) is 0 Å². The number of ether oxygens (including phenoxy) is 1. The zero-order valence-electron chi connectivity index (χ0n) is 13.8. The van der Waals surface area contributed by atoms with E-state index in [2.05, 4.69) is 25.5 Å². The summed E-state index contributed by atoms with van der Waals surface area (Å²) < 4.78 is 32.7. The summed E-state index contributed by atoms with van der Waals surface area (Å²) in [4.78, 5) is 0.367. The van der Waals surface area contributed by atoms with Crippen molar-refractivity contribution in [3.8, 4) is 5.75 Å². The predicted molar refractivity (Wildman–Crippen MR) is 90.3 cm³/mol. The molecule has 5 heteroatoms. The van der Waals surface area contributed by atoms with Gasteiger partial charge in [-0.15, -0.1) is 0 Å². The molecule has 4 nitrogen and oxygen atoms in total. The van der Waals surface area contributed by atoms with Gasteiger partial charge in [-0.2, -0.15) is 4.72 Å². The summed E-state index contributed by atoms with van der Waals surface area (Å²) in [5.74, 6) is 0.748. The molecule has 23 heavy (non-hydrogen) atoms. The lowest BCUT2D eigenvalue weighted by Gasteiger charge is -2.20. The fraction of sp³-hybridized carbons (Fsp3) is 0.333. The molecule has 0 radical (unpaired) electrons. The van der Waals surface area contributed by atoms with Gasteiger partial charge in [-0.1, -0.05) is 45.0 Å². The van der Waals surface area contributed by atoms with Crippen molar-refractivity contribution in [2.75, 3.05) is 7.11 Å². The minimum atomic E-state index is -3.46. The maximum atomic E-state index is 12.4. The molecule has 0 amide bonds. The van der Waals surface area contributed by atoms with Gasteiger partial charge in [0.15, 0.2) is 0 Å². The van der Waals surface area contributed by atoms with Crippen molar-refractivity contribution < 1.29 is 13.2 Å². The Hall–Kier alpha value is -1.85. The van der Waals surface area contributed by atoms with Gasteiger partial charge in [0.05, 0.1) is 18.0 Å². The molecule has 122 valence electrons. The fourth-order valence-electron chi connectivity index (χ4n) is 2.81. The van der Waals surface area contributed by atoms with Crippen LogP contribution in [0.15, 0.2) is 47.4 Å². The lowest BCUT2D eigenvalue weighted by atomic mass is 9.85. The third-order valence-corrected chi connectivity index (χ3v) is 5.70. The van der Waals surface area contributed by atoms with Gasteiger partial charge in [0.25, 0.3) is 0 Å². The molecular formula is C18H21NO3S. The first kappa shape index (κ1) is 16.0. The molecule has 3 rings (SSSR count). The number of sulfonamides is 1. The number of benzene rings is 2. The molecule has 0 saturated carbocycles. The quantitative estimate of drug-likeness (QED) is 0.918. The molecule has 0 fully saturated rings. The molecule has 2 aromatic rings. The molecule has 1 N–H and O–H groups in total. The number of methoxy groups -OCH3 is 1. The number of fused-ring (bicyclic) bond motifs is 1. The maximum absolute atomic E-state index is 12.4. The largest absolute Gasteiger partial charge is 0.497 e. The predicted octanol–water partition coefficient (Wildman–Crippen LogP) is 3.37. The fourth-order valence-corrected chi connectivity index (χ4v) is 4.25. The first-order chi connectivity index (χ1) is 10.7. The summed E-state index contributed by atoms with van der Waals surface area (Å²) in [5.41, 5.74) is 2.79. The van der Waals surface area contributed by atoms with Crippen molar-refractivity contribution in [3.63, 3.8) is 0 Å². The molecule has 2 aromatic carbocycles. The summed E-state index contributed by atoms with van der Waals surface area (Å²) in [5, 5.41) is 0. The van der Waals surface area contributed by atoms with Crippen molar-refractivity contribution in [3.05, 3.63) is 59.2 Å². The second-order valence-corrected chi connectivity index (χ2v) is 8.51. The zero-order valence-corrected chi connectivity index (χ0v) is 14.6. The van der Waals surface area contributed by atoms with Gasteiger partial charge in [-0.3, -0.25) is 0 Å². The van der Waals surface area contributed by atoms with E-state index in [1.807, 2.05) is 36.4 Å². The highest BCUT2D eigenvalue weighted by atomic mass is 32.2. The van der Waals surface area contributed by atoms with Crippen LogP contribution in [-0.4, -0.2) is 15.5 Å². The maximum Gasteiger partial charge on any atom is 0.241 e. The Morgan fingerprint density at radius 1 is 1.04 bits per heavy atom. The topological polar surface area (TPSA) is 55.4 Å². The molecule has 1 heterocycles. The highest BCUT2D eigenvalue weighted by Crippen LogP contribution is 2.38. The average Bonchev–Trinajstić information content (AvgIpc) is 2.78. The summed E-state index contributed by atoms with van der Waals surface area (Å²) in [7, 11) is -1.85. The van der Waals surface area contributed by atoms with Crippen molar-refractivity contribution in [1.29, 1.82) is 0 Å². The number of hydrogen-bond donors (Lipinski definition) is 1. The Bertz CT molecular complexity index is 834. The number of rotatable bonds is 2. The normalized spacial score (nSPS) is 19.4. The van der Waals surface area contributed by atoms with Crippen molar-refractivity contribution >= 4 is 10.0 Å². The molecule has 0 bridgehead atoms. The summed E-state index contributed by atoms with van der Waals surface area (Å²) >= 11 is 0. The van der Waals surface area contributed by atoms with Gasteiger partial charge in [0.1, 0.15) is 5.75 Å². The molecule has 0 spiro atoms. The standard InChI is InChI=1S/C18H21NO3S/c1-18(2,3)13-7-10-16-15(11-13)17(19-23(16,20)21)12-5-8-14(22-4)9-6-12/h5-11,17,19H,1-4H3. The van der Waals surface area contributed by atoms with Crippen LogP contribution in [0, 0.1) is 0 Å². The Kier molecular flexibility index (Phi) is 3.73. The van der Waals surface area contributed by atoms with E-state index in [-0.39, 0.29) is 11.5 Å². The van der Waals surface area contributed by atoms with Crippen LogP contribution < -0.4 is 9.46 Å². The minimum absolute atomic E-state index is 0.0359. The Labute approximate surface area is 137 Å². The highest BCUT2D eigenvalue weighted by Gasteiger charge is 2.35. The van der Waals surface area contributed by atoms with E-state index in [1.54, 1.807) is 13.2 Å². The van der Waals surface area contributed by atoms with Crippen LogP contribution >= 0.6 is 0 Å². The highest BCUT2D eigenvalue weighted by molar-refractivity contribution is 7.89. The molecule has 0 aromatic heterocycles. The Morgan fingerprint density at radius 3 is 2.26 bits per heavy atom. The van der Waals surface area contributed by atoms with Crippen LogP contribution in [0.5, 0.6) is 5.75 Å². The van der Waals surface area contributed by atoms with E-state index in [1.165, 1.54) is 0 Å². The smallest absolute Gasteiger partial charge is 0.241 e. The number of nitrogens with one attached hydrogen (secondary N) is 1. The third-order valence-electron chi connectivity index (χ3n) is 4.20. The summed E-state index contributed by atoms with van der Waals surface area (Å²) in [6.07, 6.45) is 0. The monoisotopic (exact) mass is 331 g/mol. The number of hydrogen-bond acceptors (Lipinski definition) is 3. The van der Waals surface area contributed by atoms with Gasteiger partial charge in [-0.25, -0.2) is 8.42 Å². The second kappa shape index (κ2) is 5.35. The summed E-state index contributed by atoms with van der Waals surface area (Å²) in [6, 6.07) is 12.7. The van der Waals surface area contributed by atoms with Crippen LogP contribution in [0.2, 0.25) is 0 Å². The van der Waals surface area contributed by atoms with Crippen molar-refractivity contribution in [2.45, 2.75) is 37.1 Å². The summed E-state index contributed by atoms with van der Waals surface area (Å²) in [6.45, 7) is 6.36.